The van der Waals surface area contributed by atoms with Crippen LogP contribution in [-0.2, 0) is 10.2 Å². The standard InChI is InChI=1S/C12H27N3O2S/c1-11(2)9-12(10-13)14-18(16,17)15-7-5-3-4-6-8-15/h11-12,14H,3-10,13H2,1-2H3. The third-order valence-electron chi connectivity index (χ3n) is 3.26. The highest BCUT2D eigenvalue weighted by atomic mass is 32.2. The summed E-state index contributed by atoms with van der Waals surface area (Å²) in [6, 6.07) is -0.154. The molecule has 0 amide bonds. The lowest BCUT2D eigenvalue weighted by atomic mass is 10.1. The Kier molecular flexibility index (Phi) is 6.55. The normalized spacial score (nSPS) is 20.9. The van der Waals surface area contributed by atoms with Gasteiger partial charge in [0.15, 0.2) is 0 Å². The lowest BCUT2D eigenvalue weighted by Crippen LogP contribution is -2.48. The van der Waals surface area contributed by atoms with Gasteiger partial charge in [0.25, 0.3) is 10.2 Å². The molecule has 1 aliphatic rings. The molecule has 0 spiro atoms. The molecule has 0 aromatic rings. The molecule has 0 radical (unpaired) electrons. The Bertz CT molecular complexity index is 322. The average Bonchev–Trinajstić information content (AvgIpc) is 2.56. The van der Waals surface area contributed by atoms with E-state index in [1.807, 2.05) is 0 Å². The smallest absolute Gasteiger partial charge is 0.279 e. The second-order valence-corrected chi connectivity index (χ2v) is 7.20. The van der Waals surface area contributed by atoms with Gasteiger partial charge >= 0.3 is 0 Å². The van der Waals surface area contributed by atoms with Gasteiger partial charge in [0.1, 0.15) is 0 Å². The Morgan fingerprint density at radius 3 is 2.17 bits per heavy atom. The molecule has 1 heterocycles. The van der Waals surface area contributed by atoms with Crippen molar-refractivity contribution in [3.8, 4) is 0 Å². The van der Waals surface area contributed by atoms with Gasteiger partial charge in [-0.2, -0.15) is 17.4 Å². The van der Waals surface area contributed by atoms with E-state index in [2.05, 4.69) is 18.6 Å². The van der Waals surface area contributed by atoms with Crippen LogP contribution in [0.2, 0.25) is 0 Å². The molecule has 5 nitrogen and oxygen atoms in total. The van der Waals surface area contributed by atoms with Crippen LogP contribution in [0.15, 0.2) is 0 Å². The van der Waals surface area contributed by atoms with Gasteiger partial charge in [-0.1, -0.05) is 26.7 Å². The maximum absolute atomic E-state index is 12.2. The van der Waals surface area contributed by atoms with Crippen molar-refractivity contribution in [2.45, 2.75) is 52.0 Å². The van der Waals surface area contributed by atoms with E-state index >= 15 is 0 Å². The molecule has 18 heavy (non-hydrogen) atoms. The molecule has 0 aliphatic carbocycles. The predicted molar refractivity (Wildman–Crippen MR) is 74.4 cm³/mol. The molecule has 3 N–H and O–H groups in total. The van der Waals surface area contributed by atoms with Gasteiger partial charge in [0, 0.05) is 25.7 Å². The summed E-state index contributed by atoms with van der Waals surface area (Å²) in [7, 11) is -3.36. The fourth-order valence-electron chi connectivity index (χ4n) is 2.33. The Morgan fingerprint density at radius 2 is 1.72 bits per heavy atom. The summed E-state index contributed by atoms with van der Waals surface area (Å²) in [6.45, 7) is 5.76. The summed E-state index contributed by atoms with van der Waals surface area (Å²) in [5.41, 5.74) is 5.64. The minimum Gasteiger partial charge on any atom is -0.329 e. The van der Waals surface area contributed by atoms with Gasteiger partial charge in [-0.3, -0.25) is 0 Å². The molecule has 1 atom stereocenters. The van der Waals surface area contributed by atoms with E-state index in [9.17, 15) is 8.42 Å². The zero-order valence-electron chi connectivity index (χ0n) is 11.6. The van der Waals surface area contributed by atoms with Crippen LogP contribution in [0, 0.1) is 5.92 Å². The zero-order chi connectivity index (χ0) is 13.6. The number of hydrogen-bond acceptors (Lipinski definition) is 3. The molecule has 0 saturated carbocycles. The van der Waals surface area contributed by atoms with Crippen LogP contribution in [0.4, 0.5) is 0 Å². The molecule has 1 aliphatic heterocycles. The minimum absolute atomic E-state index is 0.154. The molecule has 1 rings (SSSR count). The molecular formula is C12H27N3O2S. The summed E-state index contributed by atoms with van der Waals surface area (Å²) >= 11 is 0. The number of nitrogens with one attached hydrogen (secondary N) is 1. The third-order valence-corrected chi connectivity index (χ3v) is 4.94. The average molecular weight is 277 g/mol. The summed E-state index contributed by atoms with van der Waals surface area (Å²) in [6.07, 6.45) is 4.94. The van der Waals surface area contributed by atoms with Gasteiger partial charge in [0.05, 0.1) is 0 Å². The first kappa shape index (κ1) is 15.9. The van der Waals surface area contributed by atoms with Crippen LogP contribution in [0.3, 0.4) is 0 Å². The molecule has 108 valence electrons. The Hall–Kier alpha value is -0.170. The van der Waals surface area contributed by atoms with Crippen molar-refractivity contribution in [3.05, 3.63) is 0 Å². The van der Waals surface area contributed by atoms with E-state index < -0.39 is 10.2 Å². The van der Waals surface area contributed by atoms with Crippen LogP contribution < -0.4 is 10.5 Å². The largest absolute Gasteiger partial charge is 0.329 e. The molecular weight excluding hydrogens is 250 g/mol. The quantitative estimate of drug-likeness (QED) is 0.762. The SMILES string of the molecule is CC(C)CC(CN)NS(=O)(=O)N1CCCCCC1. The fourth-order valence-corrected chi connectivity index (χ4v) is 3.83. The maximum Gasteiger partial charge on any atom is 0.279 e. The van der Waals surface area contributed by atoms with Gasteiger partial charge < -0.3 is 5.73 Å². The number of rotatable bonds is 6. The highest BCUT2D eigenvalue weighted by molar-refractivity contribution is 7.87. The molecule has 0 aromatic carbocycles. The molecule has 1 saturated heterocycles. The van der Waals surface area contributed by atoms with Crippen LogP contribution in [0.1, 0.15) is 46.0 Å². The van der Waals surface area contributed by atoms with E-state index in [0.29, 0.717) is 25.6 Å². The highest BCUT2D eigenvalue weighted by Crippen LogP contribution is 2.13. The molecule has 1 unspecified atom stereocenters. The van der Waals surface area contributed by atoms with Crippen molar-refractivity contribution in [3.63, 3.8) is 0 Å². The van der Waals surface area contributed by atoms with Crippen molar-refractivity contribution >= 4 is 10.2 Å². The summed E-state index contributed by atoms with van der Waals surface area (Å²) < 4.78 is 28.8. The monoisotopic (exact) mass is 277 g/mol. The molecule has 0 bridgehead atoms. The minimum atomic E-state index is -3.36. The van der Waals surface area contributed by atoms with E-state index in [1.165, 1.54) is 0 Å². The van der Waals surface area contributed by atoms with E-state index in [0.717, 1.165) is 32.1 Å². The van der Waals surface area contributed by atoms with Crippen molar-refractivity contribution in [2.75, 3.05) is 19.6 Å². The second-order valence-electron chi connectivity index (χ2n) is 5.50. The van der Waals surface area contributed by atoms with Crippen molar-refractivity contribution < 1.29 is 8.42 Å². The topological polar surface area (TPSA) is 75.4 Å². The van der Waals surface area contributed by atoms with Crippen LogP contribution in [0.5, 0.6) is 0 Å². The van der Waals surface area contributed by atoms with Crippen LogP contribution in [-0.4, -0.2) is 38.4 Å². The van der Waals surface area contributed by atoms with Gasteiger partial charge in [-0.25, -0.2) is 0 Å². The molecule has 6 heteroatoms. The van der Waals surface area contributed by atoms with Crippen LogP contribution >= 0.6 is 0 Å². The van der Waals surface area contributed by atoms with Crippen molar-refractivity contribution in [2.24, 2.45) is 11.7 Å². The first-order valence-electron chi connectivity index (χ1n) is 6.93. The summed E-state index contributed by atoms with van der Waals surface area (Å²) in [5, 5.41) is 0. The number of hydrogen-bond donors (Lipinski definition) is 2. The maximum atomic E-state index is 12.2. The predicted octanol–water partition coefficient (Wildman–Crippen LogP) is 1.07. The summed E-state index contributed by atoms with van der Waals surface area (Å²) in [5.74, 6) is 0.436. The highest BCUT2D eigenvalue weighted by Gasteiger charge is 2.25. The first-order valence-corrected chi connectivity index (χ1v) is 8.37. The van der Waals surface area contributed by atoms with E-state index in [4.69, 9.17) is 5.73 Å². The summed E-state index contributed by atoms with van der Waals surface area (Å²) in [4.78, 5) is 0. The fraction of sp³-hybridized carbons (Fsp3) is 1.00. The lowest BCUT2D eigenvalue weighted by molar-refractivity contribution is 0.395. The van der Waals surface area contributed by atoms with Crippen LogP contribution in [0.25, 0.3) is 0 Å². The zero-order valence-corrected chi connectivity index (χ0v) is 12.4. The third kappa shape index (κ3) is 5.22. The van der Waals surface area contributed by atoms with Crippen molar-refractivity contribution in [1.82, 2.24) is 9.03 Å². The van der Waals surface area contributed by atoms with Gasteiger partial charge in [-0.15, -0.1) is 0 Å². The lowest BCUT2D eigenvalue weighted by Gasteiger charge is -2.25. The van der Waals surface area contributed by atoms with Gasteiger partial charge in [0.2, 0.25) is 0 Å². The van der Waals surface area contributed by atoms with E-state index in [1.54, 1.807) is 4.31 Å². The molecule has 1 fully saturated rings. The first-order chi connectivity index (χ1) is 8.45. The Balaban J connectivity index is 2.60. The molecule has 0 aromatic heterocycles. The number of nitrogens with two attached hydrogens (primary N) is 1. The Labute approximate surface area is 111 Å². The van der Waals surface area contributed by atoms with Crippen molar-refractivity contribution in [1.29, 1.82) is 0 Å². The van der Waals surface area contributed by atoms with E-state index in [-0.39, 0.29) is 6.04 Å². The van der Waals surface area contributed by atoms with Gasteiger partial charge in [-0.05, 0) is 25.2 Å². The Morgan fingerprint density at radius 1 is 1.17 bits per heavy atom. The second kappa shape index (κ2) is 7.43. The number of nitrogens with zero attached hydrogens (tertiary/aromatic N) is 1.